The van der Waals surface area contributed by atoms with Gasteiger partial charge in [-0.2, -0.15) is 0 Å². The number of thioether (sulfide) groups is 1. The molecule has 1 aliphatic heterocycles. The molecule has 1 aromatic heterocycles. The van der Waals surface area contributed by atoms with Crippen molar-refractivity contribution < 1.29 is 9.18 Å². The third kappa shape index (κ3) is 3.78. The molecule has 1 unspecified atom stereocenters. The van der Waals surface area contributed by atoms with E-state index in [0.717, 1.165) is 22.6 Å². The molecule has 0 aliphatic carbocycles. The molecule has 6 heteroatoms. The summed E-state index contributed by atoms with van der Waals surface area (Å²) in [7, 11) is 0. The fourth-order valence-corrected chi connectivity index (χ4v) is 5.04. The second-order valence-electron chi connectivity index (χ2n) is 7.80. The van der Waals surface area contributed by atoms with E-state index in [1.165, 1.54) is 28.6 Å². The Morgan fingerprint density at radius 3 is 2.56 bits per heavy atom. The Morgan fingerprint density at radius 1 is 1.00 bits per heavy atom. The summed E-state index contributed by atoms with van der Waals surface area (Å²) in [6.07, 6.45) is 1.91. The van der Waals surface area contributed by atoms with Crippen molar-refractivity contribution in [3.05, 3.63) is 100 Å². The van der Waals surface area contributed by atoms with Crippen LogP contribution in [0.3, 0.4) is 0 Å². The Hall–Kier alpha value is -3.51. The number of benzene rings is 3. The summed E-state index contributed by atoms with van der Waals surface area (Å²) in [5, 5.41) is 8.29. The summed E-state index contributed by atoms with van der Waals surface area (Å²) in [4.78, 5) is 13.1. The van der Waals surface area contributed by atoms with Gasteiger partial charge < -0.3 is 15.2 Å². The highest BCUT2D eigenvalue weighted by Gasteiger charge is 2.28. The largest absolute Gasteiger partial charge is 0.354 e. The summed E-state index contributed by atoms with van der Waals surface area (Å²) >= 11 is 1.35. The van der Waals surface area contributed by atoms with Crippen LogP contribution in [0.2, 0.25) is 0 Å². The number of aryl methyl sites for hydroxylation is 1. The van der Waals surface area contributed by atoms with Crippen LogP contribution in [0.15, 0.2) is 77.7 Å². The number of hydrogen-bond acceptors (Lipinski definition) is 3. The van der Waals surface area contributed by atoms with E-state index in [2.05, 4.69) is 65.4 Å². The first-order chi connectivity index (χ1) is 15.5. The van der Waals surface area contributed by atoms with Gasteiger partial charge >= 0.3 is 0 Å². The maximum absolute atomic E-state index is 13.9. The minimum absolute atomic E-state index is 0.167. The number of nitrogens with one attached hydrogen (secondary N) is 2. The standard InChI is InChI=1S/C26H22FN3OS/c1-16-13-20(17(2)30(16)21-12-11-18-7-3-4-8-19(18)14-21)15-24-25(31)29-26(32-24)28-23-10-6-5-9-22(23)27/h3-15,26,28H,1-2H3,(H,29,31)/b24-15-. The van der Waals surface area contributed by atoms with Gasteiger partial charge in [-0.1, -0.05) is 54.2 Å². The number of amides is 1. The highest BCUT2D eigenvalue weighted by Crippen LogP contribution is 2.33. The third-order valence-electron chi connectivity index (χ3n) is 5.64. The molecule has 5 rings (SSSR count). The lowest BCUT2D eigenvalue weighted by atomic mass is 10.1. The molecule has 3 aromatic carbocycles. The molecular weight excluding hydrogens is 421 g/mol. The van der Waals surface area contributed by atoms with Crippen molar-refractivity contribution in [2.24, 2.45) is 0 Å². The fourth-order valence-electron chi connectivity index (χ4n) is 4.07. The topological polar surface area (TPSA) is 46.1 Å². The Bertz CT molecular complexity index is 1370. The lowest BCUT2D eigenvalue weighted by molar-refractivity contribution is -0.116. The van der Waals surface area contributed by atoms with Crippen LogP contribution in [0.25, 0.3) is 22.5 Å². The minimum atomic E-state index is -0.422. The fraction of sp³-hybridized carbons (Fsp3) is 0.115. The molecule has 1 fully saturated rings. The van der Waals surface area contributed by atoms with Gasteiger partial charge in [0.15, 0.2) is 5.50 Å². The number of para-hydroxylation sites is 1. The van der Waals surface area contributed by atoms with Crippen LogP contribution in [-0.4, -0.2) is 16.0 Å². The van der Waals surface area contributed by atoms with Crippen LogP contribution in [-0.2, 0) is 4.79 Å². The van der Waals surface area contributed by atoms with E-state index in [9.17, 15) is 9.18 Å². The van der Waals surface area contributed by atoms with E-state index >= 15 is 0 Å². The van der Waals surface area contributed by atoms with Crippen LogP contribution in [0.5, 0.6) is 0 Å². The lowest BCUT2D eigenvalue weighted by Gasteiger charge is -2.13. The first-order valence-electron chi connectivity index (χ1n) is 10.4. The molecule has 32 heavy (non-hydrogen) atoms. The quantitative estimate of drug-likeness (QED) is 0.381. The first kappa shape index (κ1) is 20.4. The van der Waals surface area contributed by atoms with Crippen molar-refractivity contribution in [3.63, 3.8) is 0 Å². The van der Waals surface area contributed by atoms with Gasteiger partial charge in [0, 0.05) is 17.1 Å². The van der Waals surface area contributed by atoms with Gasteiger partial charge in [-0.3, -0.25) is 4.79 Å². The van der Waals surface area contributed by atoms with Gasteiger partial charge in [-0.25, -0.2) is 4.39 Å². The van der Waals surface area contributed by atoms with E-state index in [0.29, 0.717) is 10.6 Å². The van der Waals surface area contributed by atoms with Gasteiger partial charge in [-0.15, -0.1) is 0 Å². The summed E-state index contributed by atoms with van der Waals surface area (Å²) in [5.41, 5.74) is 4.17. The number of carbonyl (C=O) groups excluding carboxylic acids is 1. The monoisotopic (exact) mass is 443 g/mol. The molecule has 4 aromatic rings. The molecular formula is C26H22FN3OS. The molecule has 0 bridgehead atoms. The van der Waals surface area contributed by atoms with Crippen molar-refractivity contribution >= 4 is 40.2 Å². The first-order valence-corrected chi connectivity index (χ1v) is 11.3. The van der Waals surface area contributed by atoms with Crippen molar-refractivity contribution in [1.29, 1.82) is 0 Å². The predicted octanol–water partition coefficient (Wildman–Crippen LogP) is 5.99. The molecule has 2 heterocycles. The summed E-state index contributed by atoms with van der Waals surface area (Å²) in [5.74, 6) is -0.516. The molecule has 0 saturated carbocycles. The van der Waals surface area contributed by atoms with Crippen LogP contribution < -0.4 is 10.6 Å². The van der Waals surface area contributed by atoms with Crippen LogP contribution in [0.4, 0.5) is 10.1 Å². The Morgan fingerprint density at radius 2 is 1.75 bits per heavy atom. The third-order valence-corrected chi connectivity index (χ3v) is 6.67. The number of nitrogens with zero attached hydrogens (tertiary/aromatic N) is 1. The van der Waals surface area contributed by atoms with Gasteiger partial charge in [0.05, 0.1) is 10.6 Å². The number of halogens is 1. The zero-order valence-electron chi connectivity index (χ0n) is 17.7. The molecule has 4 nitrogen and oxygen atoms in total. The smallest absolute Gasteiger partial charge is 0.260 e. The normalized spacial score (nSPS) is 17.2. The molecule has 0 radical (unpaired) electrons. The highest BCUT2D eigenvalue weighted by atomic mass is 32.2. The molecule has 1 saturated heterocycles. The van der Waals surface area contributed by atoms with Crippen molar-refractivity contribution in [1.82, 2.24) is 9.88 Å². The molecule has 1 aliphatic rings. The number of rotatable bonds is 4. The number of anilines is 1. The van der Waals surface area contributed by atoms with E-state index in [4.69, 9.17) is 0 Å². The second-order valence-corrected chi connectivity index (χ2v) is 8.94. The average molecular weight is 444 g/mol. The van der Waals surface area contributed by atoms with Crippen molar-refractivity contribution in [2.45, 2.75) is 19.3 Å². The average Bonchev–Trinajstić information content (AvgIpc) is 3.27. The summed E-state index contributed by atoms with van der Waals surface area (Å²) in [6, 6.07) is 23.2. The van der Waals surface area contributed by atoms with E-state index in [1.807, 2.05) is 18.2 Å². The molecule has 160 valence electrons. The van der Waals surface area contributed by atoms with Gasteiger partial charge in [0.2, 0.25) is 0 Å². The number of hydrogen-bond donors (Lipinski definition) is 2. The summed E-state index contributed by atoms with van der Waals surface area (Å²) < 4.78 is 16.1. The predicted molar refractivity (Wildman–Crippen MR) is 130 cm³/mol. The lowest BCUT2D eigenvalue weighted by Crippen LogP contribution is -2.31. The van der Waals surface area contributed by atoms with E-state index in [-0.39, 0.29) is 11.7 Å². The minimum Gasteiger partial charge on any atom is -0.354 e. The number of fused-ring (bicyclic) bond motifs is 1. The van der Waals surface area contributed by atoms with Crippen LogP contribution in [0.1, 0.15) is 17.0 Å². The number of aromatic nitrogens is 1. The summed E-state index contributed by atoms with van der Waals surface area (Å²) in [6.45, 7) is 4.12. The molecule has 1 atom stereocenters. The van der Waals surface area contributed by atoms with Crippen molar-refractivity contribution in [2.75, 3.05) is 5.32 Å². The second kappa shape index (κ2) is 8.20. The van der Waals surface area contributed by atoms with Gasteiger partial charge in [-0.05, 0) is 66.6 Å². The molecule has 2 N–H and O–H groups in total. The van der Waals surface area contributed by atoms with E-state index < -0.39 is 5.50 Å². The zero-order chi connectivity index (χ0) is 22.2. The molecule has 0 spiro atoms. The van der Waals surface area contributed by atoms with Crippen LogP contribution in [0, 0.1) is 19.7 Å². The highest BCUT2D eigenvalue weighted by molar-refractivity contribution is 8.05. The Labute approximate surface area is 190 Å². The van der Waals surface area contributed by atoms with Gasteiger partial charge in [0.25, 0.3) is 5.91 Å². The number of carbonyl (C=O) groups is 1. The maximum atomic E-state index is 13.9. The SMILES string of the molecule is Cc1cc(/C=C2\SC(Nc3ccccc3F)NC2=O)c(C)n1-c1ccc2ccccc2c1. The molecule has 1 amide bonds. The van der Waals surface area contributed by atoms with Gasteiger partial charge in [0.1, 0.15) is 5.82 Å². The van der Waals surface area contributed by atoms with Crippen LogP contribution >= 0.6 is 11.8 Å². The van der Waals surface area contributed by atoms with E-state index in [1.54, 1.807) is 18.2 Å². The maximum Gasteiger partial charge on any atom is 0.260 e. The Kier molecular flexibility index (Phi) is 5.23. The zero-order valence-corrected chi connectivity index (χ0v) is 18.5. The van der Waals surface area contributed by atoms with Crippen molar-refractivity contribution in [3.8, 4) is 5.69 Å². The Balaban J connectivity index is 1.43.